The lowest BCUT2D eigenvalue weighted by Crippen LogP contribution is -2.25. The molecule has 0 saturated heterocycles. The summed E-state index contributed by atoms with van der Waals surface area (Å²) >= 11 is 0. The van der Waals surface area contributed by atoms with Crippen LogP contribution in [0.2, 0.25) is 0 Å². The molecule has 19 heavy (non-hydrogen) atoms. The number of benzene rings is 2. The van der Waals surface area contributed by atoms with Crippen LogP contribution in [0.25, 0.3) is 0 Å². The van der Waals surface area contributed by atoms with E-state index in [1.54, 1.807) is 0 Å². The van der Waals surface area contributed by atoms with Crippen LogP contribution >= 0.6 is 0 Å². The Bertz CT molecular complexity index is 485. The average molecular weight is 253 g/mol. The fourth-order valence-electron chi connectivity index (χ4n) is 2.33. The van der Waals surface area contributed by atoms with Crippen molar-refractivity contribution in [3.63, 3.8) is 0 Å². The van der Waals surface area contributed by atoms with E-state index in [4.69, 9.17) is 5.73 Å². The molecule has 1 nitrogen and oxygen atoms in total. The smallest absolute Gasteiger partial charge is 0.0120 e. The predicted octanol–water partition coefficient (Wildman–Crippen LogP) is 3.92. The summed E-state index contributed by atoms with van der Waals surface area (Å²) in [5, 5.41) is 0. The van der Waals surface area contributed by atoms with Gasteiger partial charge < -0.3 is 5.73 Å². The van der Waals surface area contributed by atoms with Gasteiger partial charge in [0.15, 0.2) is 0 Å². The summed E-state index contributed by atoms with van der Waals surface area (Å²) in [6.45, 7) is 4.44. The molecule has 0 aliphatic heterocycles. The maximum absolute atomic E-state index is 6.24. The molecule has 2 rings (SSSR count). The lowest BCUT2D eigenvalue weighted by molar-refractivity contribution is 0.664. The van der Waals surface area contributed by atoms with Gasteiger partial charge in [-0.25, -0.2) is 0 Å². The highest BCUT2D eigenvalue weighted by atomic mass is 14.6. The number of rotatable bonds is 5. The molecule has 0 radical (unpaired) electrons. The van der Waals surface area contributed by atoms with Crippen LogP contribution in [0.15, 0.2) is 54.6 Å². The fraction of sp³-hybridized carbons (Fsp3) is 0.333. The second-order valence-corrected chi connectivity index (χ2v) is 5.55. The lowest BCUT2D eigenvalue weighted by Gasteiger charge is -2.13. The molecule has 0 aliphatic rings. The second-order valence-electron chi connectivity index (χ2n) is 5.55. The Kier molecular flexibility index (Phi) is 4.75. The number of nitrogens with two attached hydrogens (primary N) is 1. The Balaban J connectivity index is 1.93. The van der Waals surface area contributed by atoms with Crippen molar-refractivity contribution >= 4 is 0 Å². The standard InChI is InChI=1S/C18H23N/c1-14(2)17-10-8-16(9-11-17)13-18(19)12-15-6-4-3-5-7-15/h3-11,14,18H,12-13,19H2,1-2H3. The molecule has 0 fully saturated rings. The Morgan fingerprint density at radius 3 is 1.84 bits per heavy atom. The molecule has 0 amide bonds. The molecule has 0 aromatic heterocycles. The molecule has 2 aromatic rings. The predicted molar refractivity (Wildman–Crippen MR) is 82.4 cm³/mol. The van der Waals surface area contributed by atoms with Gasteiger partial charge in [-0.1, -0.05) is 68.4 Å². The first-order valence-electron chi connectivity index (χ1n) is 7.03. The van der Waals surface area contributed by atoms with Crippen molar-refractivity contribution in [1.29, 1.82) is 0 Å². The number of hydrogen-bond acceptors (Lipinski definition) is 1. The molecule has 0 bridgehead atoms. The Morgan fingerprint density at radius 1 is 0.789 bits per heavy atom. The van der Waals surface area contributed by atoms with Crippen LogP contribution in [0.4, 0.5) is 0 Å². The summed E-state index contributed by atoms with van der Waals surface area (Å²) in [5.74, 6) is 0.590. The van der Waals surface area contributed by atoms with Gasteiger partial charge in [-0.05, 0) is 35.4 Å². The van der Waals surface area contributed by atoms with E-state index in [1.807, 2.05) is 6.07 Å². The molecule has 1 unspecified atom stereocenters. The van der Waals surface area contributed by atoms with E-state index < -0.39 is 0 Å². The van der Waals surface area contributed by atoms with Crippen LogP contribution in [-0.4, -0.2) is 6.04 Å². The van der Waals surface area contributed by atoms with Gasteiger partial charge in [0.25, 0.3) is 0 Å². The third-order valence-electron chi connectivity index (χ3n) is 3.48. The van der Waals surface area contributed by atoms with E-state index in [-0.39, 0.29) is 6.04 Å². The Hall–Kier alpha value is -1.60. The maximum Gasteiger partial charge on any atom is 0.0120 e. The summed E-state index contributed by atoms with van der Waals surface area (Å²) in [6, 6.07) is 19.5. The van der Waals surface area contributed by atoms with Gasteiger partial charge in [0, 0.05) is 6.04 Å². The third kappa shape index (κ3) is 4.22. The normalized spacial score (nSPS) is 12.6. The fourth-order valence-corrected chi connectivity index (χ4v) is 2.33. The van der Waals surface area contributed by atoms with E-state index in [9.17, 15) is 0 Å². The van der Waals surface area contributed by atoms with Gasteiger partial charge in [0.2, 0.25) is 0 Å². The highest BCUT2D eigenvalue weighted by Crippen LogP contribution is 2.16. The summed E-state index contributed by atoms with van der Waals surface area (Å²) in [6.07, 6.45) is 1.88. The van der Waals surface area contributed by atoms with E-state index in [2.05, 4.69) is 62.4 Å². The van der Waals surface area contributed by atoms with Crippen LogP contribution in [0.5, 0.6) is 0 Å². The van der Waals surface area contributed by atoms with Gasteiger partial charge >= 0.3 is 0 Å². The van der Waals surface area contributed by atoms with E-state index in [0.29, 0.717) is 5.92 Å². The van der Waals surface area contributed by atoms with Crippen molar-refractivity contribution in [1.82, 2.24) is 0 Å². The minimum Gasteiger partial charge on any atom is -0.327 e. The number of hydrogen-bond donors (Lipinski definition) is 1. The molecule has 1 heteroatoms. The zero-order valence-corrected chi connectivity index (χ0v) is 11.8. The van der Waals surface area contributed by atoms with Gasteiger partial charge in [0.05, 0.1) is 0 Å². The molecule has 0 saturated carbocycles. The van der Waals surface area contributed by atoms with Crippen molar-refractivity contribution in [3.8, 4) is 0 Å². The zero-order chi connectivity index (χ0) is 13.7. The Labute approximate surface area is 116 Å². The minimum atomic E-state index is 0.187. The first-order chi connectivity index (χ1) is 9.15. The van der Waals surface area contributed by atoms with E-state index in [1.165, 1.54) is 16.7 Å². The van der Waals surface area contributed by atoms with Crippen molar-refractivity contribution in [2.24, 2.45) is 5.73 Å². The minimum absolute atomic E-state index is 0.187. The SMILES string of the molecule is CC(C)c1ccc(CC(N)Cc2ccccc2)cc1. The highest BCUT2D eigenvalue weighted by Gasteiger charge is 2.06. The molecule has 1 atom stereocenters. The quantitative estimate of drug-likeness (QED) is 0.858. The summed E-state index contributed by atoms with van der Waals surface area (Å²) in [7, 11) is 0. The lowest BCUT2D eigenvalue weighted by atomic mass is 9.97. The van der Waals surface area contributed by atoms with Gasteiger partial charge in [-0.15, -0.1) is 0 Å². The summed E-state index contributed by atoms with van der Waals surface area (Å²) < 4.78 is 0. The molecule has 2 aromatic carbocycles. The first kappa shape index (κ1) is 13.8. The molecule has 0 heterocycles. The van der Waals surface area contributed by atoms with Crippen LogP contribution < -0.4 is 5.73 Å². The molecule has 2 N–H and O–H groups in total. The molecular formula is C18H23N. The largest absolute Gasteiger partial charge is 0.327 e. The molecule has 0 spiro atoms. The molecule has 0 aliphatic carbocycles. The van der Waals surface area contributed by atoms with E-state index in [0.717, 1.165) is 12.8 Å². The van der Waals surface area contributed by atoms with Crippen LogP contribution in [0, 0.1) is 0 Å². The molecular weight excluding hydrogens is 230 g/mol. The topological polar surface area (TPSA) is 26.0 Å². The monoisotopic (exact) mass is 253 g/mol. The Morgan fingerprint density at radius 2 is 1.32 bits per heavy atom. The van der Waals surface area contributed by atoms with Gasteiger partial charge in [0.1, 0.15) is 0 Å². The van der Waals surface area contributed by atoms with Crippen LogP contribution in [-0.2, 0) is 12.8 Å². The van der Waals surface area contributed by atoms with E-state index >= 15 is 0 Å². The van der Waals surface area contributed by atoms with Gasteiger partial charge in [-0.3, -0.25) is 0 Å². The van der Waals surface area contributed by atoms with Crippen molar-refractivity contribution < 1.29 is 0 Å². The second kappa shape index (κ2) is 6.53. The van der Waals surface area contributed by atoms with Crippen LogP contribution in [0.3, 0.4) is 0 Å². The highest BCUT2D eigenvalue weighted by molar-refractivity contribution is 5.25. The molecule has 100 valence electrons. The summed E-state index contributed by atoms with van der Waals surface area (Å²) in [4.78, 5) is 0. The summed E-state index contributed by atoms with van der Waals surface area (Å²) in [5.41, 5.74) is 10.3. The van der Waals surface area contributed by atoms with Crippen molar-refractivity contribution in [2.45, 2.75) is 38.6 Å². The van der Waals surface area contributed by atoms with Crippen molar-refractivity contribution in [2.75, 3.05) is 0 Å². The zero-order valence-electron chi connectivity index (χ0n) is 11.8. The van der Waals surface area contributed by atoms with Crippen LogP contribution in [0.1, 0.15) is 36.5 Å². The van der Waals surface area contributed by atoms with Gasteiger partial charge in [-0.2, -0.15) is 0 Å². The first-order valence-corrected chi connectivity index (χ1v) is 7.03. The third-order valence-corrected chi connectivity index (χ3v) is 3.48. The maximum atomic E-state index is 6.24. The average Bonchev–Trinajstić information content (AvgIpc) is 2.40. The van der Waals surface area contributed by atoms with Crippen molar-refractivity contribution in [3.05, 3.63) is 71.3 Å².